The number of anilines is 3. The van der Waals surface area contributed by atoms with Crippen molar-refractivity contribution in [3.8, 4) is 11.5 Å². The van der Waals surface area contributed by atoms with E-state index in [1.807, 2.05) is 0 Å². The molecule has 1 aliphatic heterocycles. The van der Waals surface area contributed by atoms with Gasteiger partial charge in [0.1, 0.15) is 0 Å². The predicted octanol–water partition coefficient (Wildman–Crippen LogP) is 1.43. The summed E-state index contributed by atoms with van der Waals surface area (Å²) in [6.07, 6.45) is 0. The molecule has 0 radical (unpaired) electrons. The number of aromatic hydroxyl groups is 2. The molecule has 1 heterocycles. The van der Waals surface area contributed by atoms with Crippen LogP contribution in [0.1, 0.15) is 10.4 Å². The monoisotopic (exact) mass is 321 g/mol. The molecule has 1 aliphatic rings. The van der Waals surface area contributed by atoms with Gasteiger partial charge < -0.3 is 15.5 Å². The summed E-state index contributed by atoms with van der Waals surface area (Å²) < 4.78 is 27.2. The molecule has 114 valence electrons. The van der Waals surface area contributed by atoms with Gasteiger partial charge in [-0.15, -0.1) is 0 Å². The molecule has 9 heteroatoms. The third-order valence-corrected chi connectivity index (χ3v) is 3.98. The summed E-state index contributed by atoms with van der Waals surface area (Å²) in [4.78, 5) is 12.1. The Morgan fingerprint density at radius 2 is 1.68 bits per heavy atom. The average molecular weight is 321 g/mol. The smallest absolute Gasteiger partial charge is 0.321 e. The van der Waals surface area contributed by atoms with E-state index in [4.69, 9.17) is 0 Å². The summed E-state index contributed by atoms with van der Waals surface area (Å²) in [6.45, 7) is 0. The van der Waals surface area contributed by atoms with E-state index in [2.05, 4.69) is 14.8 Å². The van der Waals surface area contributed by atoms with Crippen molar-refractivity contribution < 1.29 is 23.4 Å². The number of benzene rings is 2. The summed E-state index contributed by atoms with van der Waals surface area (Å²) >= 11 is 0. The number of nitrogens with one attached hydrogen (secondary N) is 3. The van der Waals surface area contributed by atoms with Crippen LogP contribution < -0.4 is 14.8 Å². The van der Waals surface area contributed by atoms with Gasteiger partial charge in [0.2, 0.25) is 0 Å². The first-order chi connectivity index (χ1) is 10.3. The van der Waals surface area contributed by atoms with Crippen molar-refractivity contribution in [2.75, 3.05) is 14.8 Å². The second-order valence-corrected chi connectivity index (χ2v) is 6.04. The second-order valence-electron chi connectivity index (χ2n) is 4.63. The van der Waals surface area contributed by atoms with Gasteiger partial charge in [-0.25, -0.2) is 0 Å². The van der Waals surface area contributed by atoms with Crippen LogP contribution in [0.15, 0.2) is 36.4 Å². The topological polar surface area (TPSA) is 128 Å². The molecule has 5 N–H and O–H groups in total. The van der Waals surface area contributed by atoms with Crippen molar-refractivity contribution in [1.29, 1.82) is 0 Å². The number of phenols is 2. The van der Waals surface area contributed by atoms with Gasteiger partial charge in [0.15, 0.2) is 11.5 Å². The van der Waals surface area contributed by atoms with Crippen LogP contribution in [0.2, 0.25) is 0 Å². The molecule has 0 saturated heterocycles. The molecule has 2 aromatic rings. The van der Waals surface area contributed by atoms with Crippen LogP contribution in [0.25, 0.3) is 0 Å². The van der Waals surface area contributed by atoms with Crippen molar-refractivity contribution >= 4 is 33.2 Å². The molecule has 0 bridgehead atoms. The average Bonchev–Trinajstić information content (AvgIpc) is 2.75. The number of carbonyl (C=O) groups is 1. The zero-order valence-electron chi connectivity index (χ0n) is 11.0. The molecule has 0 unspecified atom stereocenters. The Bertz CT molecular complexity index is 879. The highest BCUT2D eigenvalue weighted by atomic mass is 32.2. The minimum atomic E-state index is -3.61. The SMILES string of the molecule is O=C(Nc1ccc(O)c(O)c1)c1ccc2c(c1)NS(=O)(=O)N2. The van der Waals surface area contributed by atoms with Crippen LogP contribution >= 0.6 is 0 Å². The van der Waals surface area contributed by atoms with E-state index >= 15 is 0 Å². The number of hydrogen-bond donors (Lipinski definition) is 5. The summed E-state index contributed by atoms with van der Waals surface area (Å²) in [5, 5.41) is 21.1. The quantitative estimate of drug-likeness (QED) is 0.422. The van der Waals surface area contributed by atoms with Crippen molar-refractivity contribution in [3.63, 3.8) is 0 Å². The van der Waals surface area contributed by atoms with Crippen LogP contribution in [0, 0.1) is 0 Å². The predicted molar refractivity (Wildman–Crippen MR) is 80.3 cm³/mol. The molecule has 0 fully saturated rings. The molecule has 0 aliphatic carbocycles. The molecule has 0 aromatic heterocycles. The summed E-state index contributed by atoms with van der Waals surface area (Å²) in [6, 6.07) is 8.18. The normalized spacial score (nSPS) is 14.5. The fourth-order valence-corrected chi connectivity index (χ4v) is 2.96. The number of fused-ring (bicyclic) bond motifs is 1. The lowest BCUT2D eigenvalue weighted by Gasteiger charge is -2.07. The number of amides is 1. The van der Waals surface area contributed by atoms with Crippen LogP contribution in [0.5, 0.6) is 11.5 Å². The fourth-order valence-electron chi connectivity index (χ4n) is 1.98. The zero-order chi connectivity index (χ0) is 15.9. The number of rotatable bonds is 2. The Kier molecular flexibility index (Phi) is 3.06. The van der Waals surface area contributed by atoms with Crippen molar-refractivity contribution in [2.24, 2.45) is 0 Å². The summed E-state index contributed by atoms with van der Waals surface area (Å²) in [5.74, 6) is -1.14. The standard InChI is InChI=1S/C13H11N3O5S/c17-11-4-2-8(6-12(11)18)14-13(19)7-1-3-9-10(5-7)16-22(20,21)15-9/h1-6,15-18H,(H,14,19). The Morgan fingerprint density at radius 1 is 0.955 bits per heavy atom. The van der Waals surface area contributed by atoms with E-state index in [1.54, 1.807) is 0 Å². The van der Waals surface area contributed by atoms with Gasteiger partial charge in [0.25, 0.3) is 5.91 Å². The van der Waals surface area contributed by atoms with E-state index in [0.29, 0.717) is 11.4 Å². The van der Waals surface area contributed by atoms with Gasteiger partial charge in [-0.05, 0) is 30.3 Å². The van der Waals surface area contributed by atoms with Crippen molar-refractivity contribution in [3.05, 3.63) is 42.0 Å². The Morgan fingerprint density at radius 3 is 2.41 bits per heavy atom. The summed E-state index contributed by atoms with van der Waals surface area (Å²) in [5.41, 5.74) is 1.16. The maximum absolute atomic E-state index is 12.1. The minimum absolute atomic E-state index is 0.234. The lowest BCUT2D eigenvalue weighted by atomic mass is 10.1. The highest BCUT2D eigenvalue weighted by Gasteiger charge is 2.23. The summed E-state index contributed by atoms with van der Waals surface area (Å²) in [7, 11) is -3.61. The number of carbonyl (C=O) groups excluding carboxylic acids is 1. The van der Waals surface area contributed by atoms with Gasteiger partial charge in [-0.2, -0.15) is 8.42 Å². The minimum Gasteiger partial charge on any atom is -0.504 e. The van der Waals surface area contributed by atoms with Crippen LogP contribution in [-0.4, -0.2) is 24.5 Å². The lowest BCUT2D eigenvalue weighted by Crippen LogP contribution is -2.13. The molecular weight excluding hydrogens is 310 g/mol. The molecule has 8 nitrogen and oxygen atoms in total. The fraction of sp³-hybridized carbons (Fsp3) is 0. The zero-order valence-corrected chi connectivity index (χ0v) is 11.8. The Balaban J connectivity index is 1.83. The van der Waals surface area contributed by atoms with Gasteiger partial charge in [-0.3, -0.25) is 14.2 Å². The first-order valence-corrected chi connectivity index (χ1v) is 7.60. The second kappa shape index (κ2) is 4.81. The van der Waals surface area contributed by atoms with E-state index in [1.165, 1.54) is 36.4 Å². The molecule has 1 amide bonds. The van der Waals surface area contributed by atoms with Crippen molar-refractivity contribution in [1.82, 2.24) is 0 Å². The van der Waals surface area contributed by atoms with Gasteiger partial charge >= 0.3 is 10.2 Å². The van der Waals surface area contributed by atoms with Crippen LogP contribution in [0.3, 0.4) is 0 Å². The largest absolute Gasteiger partial charge is 0.504 e. The first kappa shape index (κ1) is 14.0. The maximum atomic E-state index is 12.1. The van der Waals surface area contributed by atoms with E-state index in [9.17, 15) is 23.4 Å². The highest BCUT2D eigenvalue weighted by Crippen LogP contribution is 2.31. The molecule has 2 aromatic carbocycles. The lowest BCUT2D eigenvalue weighted by molar-refractivity contribution is 0.102. The number of hydrogen-bond acceptors (Lipinski definition) is 5. The molecule has 0 atom stereocenters. The van der Waals surface area contributed by atoms with Crippen LogP contribution in [-0.2, 0) is 10.2 Å². The Labute approximate surface area is 125 Å². The molecule has 3 rings (SSSR count). The molecular formula is C13H11N3O5S. The first-order valence-electron chi connectivity index (χ1n) is 6.12. The van der Waals surface area contributed by atoms with E-state index in [-0.39, 0.29) is 22.7 Å². The molecule has 0 saturated carbocycles. The van der Waals surface area contributed by atoms with E-state index in [0.717, 1.165) is 0 Å². The third-order valence-electron chi connectivity index (χ3n) is 3.00. The maximum Gasteiger partial charge on any atom is 0.321 e. The number of phenolic OH excluding ortho intramolecular Hbond substituents is 2. The van der Waals surface area contributed by atoms with E-state index < -0.39 is 16.1 Å². The van der Waals surface area contributed by atoms with Gasteiger partial charge in [0.05, 0.1) is 11.4 Å². The highest BCUT2D eigenvalue weighted by molar-refractivity contribution is 7.94. The van der Waals surface area contributed by atoms with Crippen LogP contribution in [0.4, 0.5) is 17.1 Å². The van der Waals surface area contributed by atoms with Gasteiger partial charge in [-0.1, -0.05) is 0 Å². The molecule has 0 spiro atoms. The third kappa shape index (κ3) is 2.61. The van der Waals surface area contributed by atoms with Gasteiger partial charge in [0, 0.05) is 17.3 Å². The van der Waals surface area contributed by atoms with Crippen molar-refractivity contribution in [2.45, 2.75) is 0 Å². The Hall–Kier alpha value is -2.94. The molecule has 22 heavy (non-hydrogen) atoms.